The number of para-hydroxylation sites is 1. The summed E-state index contributed by atoms with van der Waals surface area (Å²) in [7, 11) is 0. The van der Waals surface area contributed by atoms with Gasteiger partial charge in [0.2, 0.25) is 0 Å². The lowest BCUT2D eigenvalue weighted by Crippen LogP contribution is -2.27. The molecule has 0 aliphatic carbocycles. The molecule has 166 valence electrons. The van der Waals surface area contributed by atoms with Gasteiger partial charge in [0, 0.05) is 34.9 Å². The molecule has 1 saturated heterocycles. The van der Waals surface area contributed by atoms with Crippen molar-refractivity contribution in [1.82, 2.24) is 4.90 Å². The van der Waals surface area contributed by atoms with Crippen LogP contribution >= 0.6 is 11.8 Å². The molecule has 11 heteroatoms. The highest BCUT2D eigenvalue weighted by molar-refractivity contribution is 8.18. The van der Waals surface area contributed by atoms with E-state index >= 15 is 0 Å². The lowest BCUT2D eigenvalue weighted by molar-refractivity contribution is -0.385. The Morgan fingerprint density at radius 1 is 0.970 bits per heavy atom. The van der Waals surface area contributed by atoms with Gasteiger partial charge in [-0.05, 0) is 30.8 Å². The zero-order chi connectivity index (χ0) is 23.7. The molecule has 1 aliphatic rings. The Morgan fingerprint density at radius 2 is 1.67 bits per heavy atom. The molecule has 33 heavy (non-hydrogen) atoms. The van der Waals surface area contributed by atoms with Gasteiger partial charge in [-0.25, -0.2) is 0 Å². The first-order valence-corrected chi connectivity index (χ1v) is 10.4. The predicted molar refractivity (Wildman–Crippen MR) is 120 cm³/mol. The van der Waals surface area contributed by atoms with Gasteiger partial charge >= 0.3 is 0 Å². The van der Waals surface area contributed by atoms with Gasteiger partial charge in [0.15, 0.2) is 0 Å². The molecule has 1 fully saturated rings. The Bertz CT molecular complexity index is 1350. The summed E-state index contributed by atoms with van der Waals surface area (Å²) in [6.45, 7) is 1.39. The average Bonchev–Trinajstić information content (AvgIpc) is 3.34. The Hall–Kier alpha value is -4.25. The van der Waals surface area contributed by atoms with Crippen LogP contribution in [0.5, 0.6) is 0 Å². The van der Waals surface area contributed by atoms with E-state index in [2.05, 4.69) is 0 Å². The molecule has 0 radical (unpaired) electrons. The number of nitro groups is 2. The number of nitro benzene ring substituents is 2. The molecule has 10 nitrogen and oxygen atoms in total. The van der Waals surface area contributed by atoms with E-state index < -0.39 is 21.0 Å². The van der Waals surface area contributed by atoms with E-state index in [-0.39, 0.29) is 34.1 Å². The van der Waals surface area contributed by atoms with Crippen LogP contribution in [-0.4, -0.2) is 25.9 Å². The number of nitrogens with zero attached hydrogens (tertiary/aromatic N) is 3. The number of hydrogen-bond donors (Lipinski definition) is 0. The monoisotopic (exact) mass is 465 g/mol. The smallest absolute Gasteiger partial charge is 0.293 e. The number of hydrogen-bond acceptors (Lipinski definition) is 8. The molecule has 3 aromatic rings. The molecule has 0 N–H and O–H groups in total. The summed E-state index contributed by atoms with van der Waals surface area (Å²) in [5.74, 6) is 0.0707. The standard InChI is InChI=1S/C22H15N3O7S/c1-13-16(6-4-8-17(13)24(28)29)19-10-9-15(32-19)11-20-21(26)23(22(27)33-20)12-14-5-2-3-7-18(14)25(30)31/h2-11H,12H2,1H3/b20-11+. The maximum atomic E-state index is 12.8. The first-order valence-electron chi connectivity index (χ1n) is 9.58. The highest BCUT2D eigenvalue weighted by Crippen LogP contribution is 2.36. The van der Waals surface area contributed by atoms with Crippen molar-refractivity contribution in [3.63, 3.8) is 0 Å². The summed E-state index contributed by atoms with van der Waals surface area (Å²) < 4.78 is 5.75. The number of carbonyl (C=O) groups excluding carboxylic acids is 2. The molecule has 1 aromatic heterocycles. The van der Waals surface area contributed by atoms with Gasteiger partial charge in [-0.15, -0.1) is 0 Å². The van der Waals surface area contributed by atoms with Crippen molar-refractivity contribution in [1.29, 1.82) is 0 Å². The number of thioether (sulfide) groups is 1. The van der Waals surface area contributed by atoms with Crippen LogP contribution in [0.3, 0.4) is 0 Å². The molecule has 2 amide bonds. The van der Waals surface area contributed by atoms with E-state index in [0.717, 1.165) is 4.90 Å². The molecule has 0 spiro atoms. The van der Waals surface area contributed by atoms with Crippen LogP contribution in [0, 0.1) is 27.2 Å². The largest absolute Gasteiger partial charge is 0.457 e. The number of carbonyl (C=O) groups is 2. The van der Waals surface area contributed by atoms with Crippen molar-refractivity contribution in [3.8, 4) is 11.3 Å². The molecule has 1 aliphatic heterocycles. The van der Waals surface area contributed by atoms with Gasteiger partial charge in [0.05, 0.1) is 21.3 Å². The zero-order valence-electron chi connectivity index (χ0n) is 17.1. The third-order valence-corrected chi connectivity index (χ3v) is 5.97. The minimum Gasteiger partial charge on any atom is -0.457 e. The third-order valence-electron chi connectivity index (χ3n) is 5.06. The number of amides is 2. The second kappa shape index (κ2) is 8.71. The van der Waals surface area contributed by atoms with Crippen molar-refractivity contribution >= 4 is 40.4 Å². The van der Waals surface area contributed by atoms with Crippen molar-refractivity contribution in [3.05, 3.63) is 96.6 Å². The Kier molecular flexibility index (Phi) is 5.80. The van der Waals surface area contributed by atoms with Crippen molar-refractivity contribution in [2.45, 2.75) is 13.5 Å². The summed E-state index contributed by atoms with van der Waals surface area (Å²) in [6.07, 6.45) is 1.40. The van der Waals surface area contributed by atoms with Crippen LogP contribution in [-0.2, 0) is 11.3 Å². The summed E-state index contributed by atoms with van der Waals surface area (Å²) >= 11 is 0.704. The first-order chi connectivity index (χ1) is 15.8. The molecule has 4 rings (SSSR count). The van der Waals surface area contributed by atoms with E-state index in [1.165, 1.54) is 30.3 Å². The van der Waals surface area contributed by atoms with Crippen LogP contribution in [0.4, 0.5) is 16.2 Å². The molecule has 2 heterocycles. The van der Waals surface area contributed by atoms with Crippen LogP contribution in [0.25, 0.3) is 17.4 Å². The molecule has 0 bridgehead atoms. The van der Waals surface area contributed by atoms with Crippen molar-refractivity contribution < 1.29 is 23.9 Å². The maximum absolute atomic E-state index is 12.8. The summed E-state index contributed by atoms with van der Waals surface area (Å²) in [4.78, 5) is 47.6. The van der Waals surface area contributed by atoms with Gasteiger partial charge < -0.3 is 4.42 Å². The van der Waals surface area contributed by atoms with E-state index in [4.69, 9.17) is 4.42 Å². The average molecular weight is 465 g/mol. The molecule has 2 aromatic carbocycles. The van der Waals surface area contributed by atoms with Crippen LogP contribution in [0.1, 0.15) is 16.9 Å². The minimum absolute atomic E-state index is 0.0402. The lowest BCUT2D eigenvalue weighted by Gasteiger charge is -2.12. The molecule has 0 unspecified atom stereocenters. The fourth-order valence-electron chi connectivity index (χ4n) is 3.42. The lowest BCUT2D eigenvalue weighted by atomic mass is 10.1. The van der Waals surface area contributed by atoms with E-state index in [1.54, 1.807) is 37.3 Å². The summed E-state index contributed by atoms with van der Waals surface area (Å²) in [5.41, 5.74) is 0.999. The third kappa shape index (κ3) is 4.26. The van der Waals surface area contributed by atoms with Crippen LogP contribution in [0.15, 0.2) is 63.9 Å². The topological polar surface area (TPSA) is 137 Å². The second-order valence-electron chi connectivity index (χ2n) is 7.06. The number of benzene rings is 2. The van der Waals surface area contributed by atoms with Crippen LogP contribution in [0.2, 0.25) is 0 Å². The SMILES string of the molecule is Cc1c(-c2ccc(/C=C3/SC(=O)N(Cc4ccccc4[N+](=O)[O-])C3=O)o2)cccc1[N+](=O)[O-]. The Morgan fingerprint density at radius 3 is 2.39 bits per heavy atom. The number of imide groups is 1. The van der Waals surface area contributed by atoms with Gasteiger partial charge in [-0.1, -0.05) is 30.3 Å². The van der Waals surface area contributed by atoms with Gasteiger partial charge in [-0.2, -0.15) is 0 Å². The molecule has 0 atom stereocenters. The summed E-state index contributed by atoms with van der Waals surface area (Å²) in [6, 6.07) is 13.7. The van der Waals surface area contributed by atoms with E-state index in [9.17, 15) is 29.8 Å². The Balaban J connectivity index is 1.58. The van der Waals surface area contributed by atoms with Crippen molar-refractivity contribution in [2.24, 2.45) is 0 Å². The van der Waals surface area contributed by atoms with Gasteiger partial charge in [-0.3, -0.25) is 34.7 Å². The Labute approximate surface area is 190 Å². The van der Waals surface area contributed by atoms with Crippen molar-refractivity contribution in [2.75, 3.05) is 0 Å². The molecular weight excluding hydrogens is 450 g/mol. The fraction of sp³-hybridized carbons (Fsp3) is 0.0909. The molecular formula is C22H15N3O7S. The normalized spacial score (nSPS) is 14.8. The first kappa shape index (κ1) is 22.0. The van der Waals surface area contributed by atoms with Gasteiger partial charge in [0.1, 0.15) is 11.5 Å². The molecule has 0 saturated carbocycles. The minimum atomic E-state index is -0.590. The zero-order valence-corrected chi connectivity index (χ0v) is 17.9. The van der Waals surface area contributed by atoms with Gasteiger partial charge in [0.25, 0.3) is 22.5 Å². The fourth-order valence-corrected chi connectivity index (χ4v) is 4.24. The summed E-state index contributed by atoms with van der Waals surface area (Å²) in [5, 5.41) is 21.8. The van der Waals surface area contributed by atoms with E-state index in [1.807, 2.05) is 0 Å². The number of furan rings is 1. The van der Waals surface area contributed by atoms with Crippen LogP contribution < -0.4 is 0 Å². The quantitative estimate of drug-likeness (QED) is 0.271. The highest BCUT2D eigenvalue weighted by Gasteiger charge is 2.36. The highest BCUT2D eigenvalue weighted by atomic mass is 32.2. The predicted octanol–water partition coefficient (Wildman–Crippen LogP) is 5.31. The van der Waals surface area contributed by atoms with E-state index in [0.29, 0.717) is 28.6 Å². The second-order valence-corrected chi connectivity index (χ2v) is 8.06. The number of rotatable bonds is 6. The maximum Gasteiger partial charge on any atom is 0.293 e.